The number of hydrogen-bond donors (Lipinski definition) is 2. The van der Waals surface area contributed by atoms with Gasteiger partial charge >= 0.3 is 6.03 Å². The van der Waals surface area contributed by atoms with E-state index in [1.807, 2.05) is 43.7 Å². The SMILES string of the molecule is CCNC(=O)NCC(c1ccco1)n1nc(C)cc1C. The van der Waals surface area contributed by atoms with Gasteiger partial charge in [-0.05, 0) is 39.0 Å². The summed E-state index contributed by atoms with van der Waals surface area (Å²) in [5.74, 6) is 0.771. The first kappa shape index (κ1) is 14.2. The van der Waals surface area contributed by atoms with Crippen molar-refractivity contribution < 1.29 is 9.21 Å². The fourth-order valence-electron chi connectivity index (χ4n) is 2.16. The highest BCUT2D eigenvalue weighted by Crippen LogP contribution is 2.20. The third-order valence-electron chi connectivity index (χ3n) is 3.00. The van der Waals surface area contributed by atoms with Crippen LogP contribution in [0.5, 0.6) is 0 Å². The molecule has 0 saturated heterocycles. The number of furan rings is 1. The summed E-state index contributed by atoms with van der Waals surface area (Å²) in [5.41, 5.74) is 1.97. The predicted molar refractivity (Wildman–Crippen MR) is 75.6 cm³/mol. The van der Waals surface area contributed by atoms with Gasteiger partial charge in [-0.25, -0.2) is 4.79 Å². The molecule has 0 aliphatic heterocycles. The second-order valence-corrected chi connectivity index (χ2v) is 4.64. The lowest BCUT2D eigenvalue weighted by Gasteiger charge is -2.18. The molecule has 2 rings (SSSR count). The number of amides is 2. The molecule has 2 aromatic heterocycles. The molecule has 2 aromatic rings. The van der Waals surface area contributed by atoms with Gasteiger partial charge in [-0.15, -0.1) is 0 Å². The van der Waals surface area contributed by atoms with Gasteiger partial charge in [-0.3, -0.25) is 4.68 Å². The zero-order valence-electron chi connectivity index (χ0n) is 12.0. The molecule has 0 radical (unpaired) electrons. The molecule has 0 fully saturated rings. The summed E-state index contributed by atoms with van der Waals surface area (Å²) in [5, 5.41) is 10.0. The van der Waals surface area contributed by atoms with Gasteiger partial charge in [0.1, 0.15) is 11.8 Å². The summed E-state index contributed by atoms with van der Waals surface area (Å²) in [6, 6.07) is 5.38. The molecule has 6 heteroatoms. The van der Waals surface area contributed by atoms with Crippen LogP contribution in [0.1, 0.15) is 30.1 Å². The molecular formula is C14H20N4O2. The van der Waals surface area contributed by atoms with Gasteiger partial charge in [-0.1, -0.05) is 0 Å². The van der Waals surface area contributed by atoms with Crippen molar-refractivity contribution in [3.63, 3.8) is 0 Å². The van der Waals surface area contributed by atoms with E-state index in [9.17, 15) is 4.79 Å². The molecule has 0 aromatic carbocycles. The largest absolute Gasteiger partial charge is 0.467 e. The lowest BCUT2D eigenvalue weighted by Crippen LogP contribution is -2.39. The van der Waals surface area contributed by atoms with Crippen molar-refractivity contribution in [2.45, 2.75) is 26.8 Å². The van der Waals surface area contributed by atoms with Crippen LogP contribution < -0.4 is 10.6 Å². The topological polar surface area (TPSA) is 72.1 Å². The van der Waals surface area contributed by atoms with E-state index >= 15 is 0 Å². The van der Waals surface area contributed by atoms with Gasteiger partial charge in [0.25, 0.3) is 0 Å². The molecule has 2 heterocycles. The quantitative estimate of drug-likeness (QED) is 0.877. The number of carbonyl (C=O) groups excluding carboxylic acids is 1. The average Bonchev–Trinajstić information content (AvgIpc) is 3.01. The fraction of sp³-hybridized carbons (Fsp3) is 0.429. The van der Waals surface area contributed by atoms with Gasteiger partial charge in [0.15, 0.2) is 0 Å². The zero-order chi connectivity index (χ0) is 14.5. The van der Waals surface area contributed by atoms with Crippen molar-refractivity contribution in [1.29, 1.82) is 0 Å². The van der Waals surface area contributed by atoms with Gasteiger partial charge < -0.3 is 15.1 Å². The minimum absolute atomic E-state index is 0.152. The molecule has 1 unspecified atom stereocenters. The van der Waals surface area contributed by atoms with E-state index in [1.165, 1.54) is 0 Å². The van der Waals surface area contributed by atoms with Gasteiger partial charge in [0.05, 0.1) is 12.0 Å². The molecule has 0 bridgehead atoms. The van der Waals surface area contributed by atoms with Crippen LogP contribution in [0, 0.1) is 13.8 Å². The summed E-state index contributed by atoms with van der Waals surface area (Å²) in [7, 11) is 0. The molecule has 108 valence electrons. The number of nitrogens with zero attached hydrogens (tertiary/aromatic N) is 2. The van der Waals surface area contributed by atoms with E-state index in [1.54, 1.807) is 6.26 Å². The molecular weight excluding hydrogens is 256 g/mol. The normalized spacial score (nSPS) is 12.2. The lowest BCUT2D eigenvalue weighted by molar-refractivity contribution is 0.239. The van der Waals surface area contributed by atoms with Crippen LogP contribution in [-0.2, 0) is 0 Å². The summed E-state index contributed by atoms with van der Waals surface area (Å²) in [6.07, 6.45) is 1.63. The second-order valence-electron chi connectivity index (χ2n) is 4.64. The van der Waals surface area contributed by atoms with E-state index in [0.717, 1.165) is 17.1 Å². The number of urea groups is 1. The predicted octanol–water partition coefficient (Wildman–Crippen LogP) is 2.00. The molecule has 0 saturated carbocycles. The number of carbonyl (C=O) groups is 1. The Hall–Kier alpha value is -2.24. The maximum absolute atomic E-state index is 11.6. The van der Waals surface area contributed by atoms with Gasteiger partial charge in [0.2, 0.25) is 0 Å². The maximum atomic E-state index is 11.6. The van der Waals surface area contributed by atoms with Crippen LogP contribution in [0.15, 0.2) is 28.9 Å². The Balaban J connectivity index is 2.18. The monoisotopic (exact) mass is 276 g/mol. The Kier molecular flexibility index (Phi) is 4.45. The number of aromatic nitrogens is 2. The Morgan fingerprint density at radius 3 is 2.80 bits per heavy atom. The van der Waals surface area contributed by atoms with Crippen LogP contribution in [0.3, 0.4) is 0 Å². The first-order chi connectivity index (χ1) is 9.61. The highest BCUT2D eigenvalue weighted by Gasteiger charge is 2.20. The van der Waals surface area contributed by atoms with E-state index in [4.69, 9.17) is 4.42 Å². The molecule has 1 atom stereocenters. The van der Waals surface area contributed by atoms with Crippen molar-refractivity contribution >= 4 is 6.03 Å². The first-order valence-corrected chi connectivity index (χ1v) is 6.69. The van der Waals surface area contributed by atoms with E-state index in [0.29, 0.717) is 13.1 Å². The molecule has 20 heavy (non-hydrogen) atoms. The molecule has 0 aliphatic carbocycles. The highest BCUT2D eigenvalue weighted by molar-refractivity contribution is 5.73. The summed E-state index contributed by atoms with van der Waals surface area (Å²) in [6.45, 7) is 6.82. The molecule has 0 aliphatic rings. The first-order valence-electron chi connectivity index (χ1n) is 6.69. The third kappa shape index (κ3) is 3.20. The smallest absolute Gasteiger partial charge is 0.314 e. The van der Waals surface area contributed by atoms with E-state index in [-0.39, 0.29) is 12.1 Å². The summed E-state index contributed by atoms with van der Waals surface area (Å²) < 4.78 is 7.35. The van der Waals surface area contributed by atoms with Crippen molar-refractivity contribution in [1.82, 2.24) is 20.4 Å². The lowest BCUT2D eigenvalue weighted by atomic mass is 10.2. The van der Waals surface area contributed by atoms with Crippen molar-refractivity contribution in [2.75, 3.05) is 13.1 Å². The fourth-order valence-corrected chi connectivity index (χ4v) is 2.16. The second kappa shape index (κ2) is 6.27. The van der Waals surface area contributed by atoms with Crippen LogP contribution in [-0.4, -0.2) is 28.9 Å². The number of aryl methyl sites for hydroxylation is 2. The zero-order valence-corrected chi connectivity index (χ0v) is 12.0. The average molecular weight is 276 g/mol. The van der Waals surface area contributed by atoms with Crippen LogP contribution in [0.25, 0.3) is 0 Å². The molecule has 2 amide bonds. The molecule has 0 spiro atoms. The number of nitrogens with one attached hydrogen (secondary N) is 2. The molecule has 2 N–H and O–H groups in total. The van der Waals surface area contributed by atoms with Crippen LogP contribution in [0.4, 0.5) is 4.79 Å². The van der Waals surface area contributed by atoms with E-state index < -0.39 is 0 Å². The Morgan fingerprint density at radius 2 is 2.25 bits per heavy atom. The van der Waals surface area contributed by atoms with Gasteiger partial charge in [-0.2, -0.15) is 5.10 Å². The van der Waals surface area contributed by atoms with Crippen LogP contribution >= 0.6 is 0 Å². The third-order valence-corrected chi connectivity index (χ3v) is 3.00. The Morgan fingerprint density at radius 1 is 1.45 bits per heavy atom. The number of hydrogen-bond acceptors (Lipinski definition) is 3. The van der Waals surface area contributed by atoms with Gasteiger partial charge in [0, 0.05) is 18.8 Å². The Bertz CT molecular complexity index is 560. The van der Waals surface area contributed by atoms with Crippen LogP contribution in [0.2, 0.25) is 0 Å². The highest BCUT2D eigenvalue weighted by atomic mass is 16.3. The van der Waals surface area contributed by atoms with Crippen molar-refractivity contribution in [2.24, 2.45) is 0 Å². The summed E-state index contributed by atoms with van der Waals surface area (Å²) >= 11 is 0. The minimum atomic E-state index is -0.189. The van der Waals surface area contributed by atoms with Crippen molar-refractivity contribution in [3.05, 3.63) is 41.6 Å². The number of rotatable bonds is 5. The maximum Gasteiger partial charge on any atom is 0.314 e. The summed E-state index contributed by atoms with van der Waals surface area (Å²) in [4.78, 5) is 11.6. The standard InChI is InChI=1S/C14H20N4O2/c1-4-15-14(19)16-9-12(13-6-5-7-20-13)18-11(3)8-10(2)17-18/h5-8,12H,4,9H2,1-3H3,(H2,15,16,19). The Labute approximate surface area is 118 Å². The molecule has 6 nitrogen and oxygen atoms in total. The van der Waals surface area contributed by atoms with Crippen molar-refractivity contribution in [3.8, 4) is 0 Å². The minimum Gasteiger partial charge on any atom is -0.467 e. The van der Waals surface area contributed by atoms with E-state index in [2.05, 4.69) is 15.7 Å².